The van der Waals surface area contributed by atoms with Crippen molar-refractivity contribution in [1.82, 2.24) is 4.98 Å². The molecule has 4 aliphatic rings. The Morgan fingerprint density at radius 3 is 1.12 bits per heavy atom. The maximum absolute atomic E-state index is 13.1. The van der Waals surface area contributed by atoms with Gasteiger partial charge in [-0.15, -0.1) is 0 Å². The fraction of sp³-hybridized carbons (Fsp3) is 0.459. The van der Waals surface area contributed by atoms with Crippen LogP contribution in [0.1, 0.15) is 300 Å². The van der Waals surface area contributed by atoms with E-state index in [1.165, 1.54) is 128 Å². The Bertz CT molecular complexity index is 4330. The van der Waals surface area contributed by atoms with Crippen LogP contribution >= 0.6 is 0 Å². The van der Waals surface area contributed by atoms with Crippen molar-refractivity contribution in [3.8, 4) is 5.75 Å². The highest BCUT2D eigenvalue weighted by Crippen LogP contribution is 2.33. The minimum Gasteiger partial charge on any atom is -0.493 e. The molecule has 0 N–H and O–H groups in total. The molecule has 0 bridgehead atoms. The van der Waals surface area contributed by atoms with Crippen molar-refractivity contribution in [1.29, 1.82) is 0 Å². The van der Waals surface area contributed by atoms with Crippen molar-refractivity contribution in [2.75, 3.05) is 92.8 Å². The summed E-state index contributed by atoms with van der Waals surface area (Å²) in [6.07, 6.45) is 1.53. The highest BCUT2D eigenvalue weighted by atomic mass is 19.4. The molecule has 5 heterocycles. The summed E-state index contributed by atoms with van der Waals surface area (Å²) in [4.78, 5) is 13.4. The van der Waals surface area contributed by atoms with Gasteiger partial charge in [-0.1, -0.05) is 295 Å². The van der Waals surface area contributed by atoms with Crippen LogP contribution in [0.15, 0.2) is 231 Å². The average molecular weight is 1660 g/mol. The minimum absolute atomic E-state index is 0.127. The second-order valence-corrected chi connectivity index (χ2v) is 35.7. The van der Waals surface area contributed by atoms with Crippen LogP contribution < -0.4 is 24.3 Å². The molecule has 0 saturated carbocycles. The highest BCUT2D eigenvalue weighted by molar-refractivity contribution is 5.53. The molecule has 9 aromatic carbocycles. The van der Waals surface area contributed by atoms with Crippen LogP contribution in [-0.2, 0) is 17.3 Å². The molecule has 4 aliphatic heterocycles. The second-order valence-electron chi connectivity index (χ2n) is 35.7. The monoisotopic (exact) mass is 1660 g/mol. The molecule has 121 heavy (non-hydrogen) atoms. The molecule has 3 saturated heterocycles. The summed E-state index contributed by atoms with van der Waals surface area (Å²) in [5.41, 5.74) is 22.8. The molecule has 3 fully saturated rings. The number of anilines is 4. The summed E-state index contributed by atoms with van der Waals surface area (Å²) in [6, 6.07) is 75.2. The molecule has 658 valence electrons. The number of hydrogen-bond donors (Lipinski definition) is 0. The van der Waals surface area contributed by atoms with Gasteiger partial charge < -0.3 is 29.1 Å². The maximum Gasteiger partial charge on any atom is 0.416 e. The molecule has 10 aromatic rings. The number of aromatic nitrogens is 1. The fourth-order valence-electron chi connectivity index (χ4n) is 13.5. The lowest BCUT2D eigenvalue weighted by molar-refractivity contribution is -0.137. The summed E-state index contributed by atoms with van der Waals surface area (Å²) in [7, 11) is 4.14. The van der Waals surface area contributed by atoms with Crippen LogP contribution in [0.4, 0.5) is 44.7 Å². The number of pyridine rings is 1. The third-order valence-corrected chi connectivity index (χ3v) is 21.8. The number of benzene rings is 9. The third-order valence-electron chi connectivity index (χ3n) is 21.8. The average Bonchev–Trinajstić information content (AvgIpc) is 1.83. The number of alkyl halides is 4. The van der Waals surface area contributed by atoms with Crippen molar-refractivity contribution in [2.24, 2.45) is 0 Å². The molecular formula is C109H150F5N5O2. The second kappa shape index (κ2) is 52.9. The predicted octanol–water partition coefficient (Wildman–Crippen LogP) is 30.6. The van der Waals surface area contributed by atoms with Gasteiger partial charge in [-0.25, -0.2) is 8.78 Å². The standard InChI is InChI=1S/C13H18FN.C13H19NO.C13H19N.C11H17N.C11H14O.C10H11F3.2C10H14.C9H11F.C9H13N/c1-10(2)11-4-3-5-13(8-11)15-7-6-12(14)9-15;1-11(2)12-4-3-5-13(10-12)14-6-8-15-9-7-14;1-11(2)12-6-5-7-13(10-12)14-8-3-4-9-14;1-9(2)10-6-5-7-11(8-10)12(3)4;1-8(2)9-3-4-11-10(7-9)5-6-12-11;1-7(2)8-4-3-5-9(6-8)10(11,12)13;2*1-8(2)10-6-4-5-9(3)7-10;1-7(2)8-4-3-5-9(10)6-8;1-7(2)9-5-4-8(3)10-6-9/h3-5,8,10,12H,6-7,9H2,1-2H3;3-5,10-11H,6-9H2,1-2H3;5-7,10-11H,3-4,8-9H2,1-2H3;5-9H,1-4H3;3-4,7-8H,5-6H2,1-2H3;3-7H,1-2H3;2*4-8H,1-3H3;3-7H,1-2H3;4-7H,1-3H3. The SMILES string of the molecule is CC(C)c1ccc2c(c1)CCO2.CC(C)c1cccc(C(F)(F)F)c1.CC(C)c1cccc(F)c1.CC(C)c1cccc(N(C)C)c1.CC(C)c1cccc(N2CCC(F)C2)c1.CC(C)c1cccc(N2CCCC2)c1.CC(C)c1cccc(N2CCOCC2)c1.Cc1ccc(C(C)C)cn1.Cc1cccc(C(C)C)c1.Cc1cccc(C(C)C)c1. The molecule has 1 unspecified atom stereocenters. The molecule has 0 spiro atoms. The van der Waals surface area contributed by atoms with Crippen LogP contribution in [0.2, 0.25) is 0 Å². The van der Waals surface area contributed by atoms with E-state index >= 15 is 0 Å². The molecule has 7 nitrogen and oxygen atoms in total. The molecule has 12 heteroatoms. The summed E-state index contributed by atoms with van der Waals surface area (Å²) < 4.78 is 73.1. The van der Waals surface area contributed by atoms with Gasteiger partial charge in [0, 0.05) is 94.4 Å². The third kappa shape index (κ3) is 38.0. The summed E-state index contributed by atoms with van der Waals surface area (Å²) in [5, 5.41) is 0. The first-order chi connectivity index (χ1) is 57.3. The Hall–Kier alpha value is -9.26. The lowest BCUT2D eigenvalue weighted by Crippen LogP contribution is -2.36. The van der Waals surface area contributed by atoms with E-state index in [0.717, 1.165) is 74.5 Å². The van der Waals surface area contributed by atoms with Crippen molar-refractivity contribution in [3.63, 3.8) is 0 Å². The first-order valence-corrected chi connectivity index (χ1v) is 44.6. The summed E-state index contributed by atoms with van der Waals surface area (Å²) in [5.74, 6) is 6.38. The van der Waals surface area contributed by atoms with E-state index in [2.05, 4.69) is 353 Å². The van der Waals surface area contributed by atoms with Gasteiger partial charge in [0.1, 0.15) is 17.7 Å². The number of morpholine rings is 1. The zero-order chi connectivity index (χ0) is 89.5. The van der Waals surface area contributed by atoms with Crippen molar-refractivity contribution in [3.05, 3.63) is 320 Å². The van der Waals surface area contributed by atoms with E-state index in [0.29, 0.717) is 66.2 Å². The van der Waals surface area contributed by atoms with E-state index in [9.17, 15) is 22.0 Å². The Labute approximate surface area is 730 Å². The number of aryl methyl sites for hydroxylation is 3. The molecule has 0 aliphatic carbocycles. The van der Waals surface area contributed by atoms with E-state index in [4.69, 9.17) is 9.47 Å². The number of fused-ring (bicyclic) bond motifs is 1. The maximum atomic E-state index is 13.1. The van der Waals surface area contributed by atoms with Gasteiger partial charge in [0.05, 0.1) is 25.4 Å². The Morgan fingerprint density at radius 2 is 0.744 bits per heavy atom. The molecule has 1 atom stereocenters. The van der Waals surface area contributed by atoms with Gasteiger partial charge in [0.15, 0.2) is 0 Å². The Balaban J connectivity index is 0.000000240. The largest absolute Gasteiger partial charge is 0.493 e. The quantitative estimate of drug-likeness (QED) is 0.101. The van der Waals surface area contributed by atoms with Gasteiger partial charge in [-0.2, -0.15) is 13.2 Å². The van der Waals surface area contributed by atoms with E-state index in [1.54, 1.807) is 18.2 Å². The van der Waals surface area contributed by atoms with Crippen LogP contribution in [0.3, 0.4) is 0 Å². The van der Waals surface area contributed by atoms with Crippen LogP contribution in [0.5, 0.6) is 5.75 Å². The van der Waals surface area contributed by atoms with E-state index in [1.807, 2.05) is 33.0 Å². The smallest absolute Gasteiger partial charge is 0.416 e. The van der Waals surface area contributed by atoms with Gasteiger partial charge in [-0.3, -0.25) is 4.98 Å². The lowest BCUT2D eigenvalue weighted by Gasteiger charge is -2.29. The normalized spacial score (nSPS) is 13.9. The minimum atomic E-state index is -4.23. The predicted molar refractivity (Wildman–Crippen MR) is 512 cm³/mol. The van der Waals surface area contributed by atoms with Gasteiger partial charge >= 0.3 is 6.18 Å². The number of hydrogen-bond acceptors (Lipinski definition) is 7. The Morgan fingerprint density at radius 1 is 0.372 bits per heavy atom. The molecule has 14 rings (SSSR count). The van der Waals surface area contributed by atoms with E-state index < -0.39 is 17.9 Å². The molecule has 0 amide bonds. The fourth-order valence-corrected chi connectivity index (χ4v) is 13.5. The summed E-state index contributed by atoms with van der Waals surface area (Å²) in [6.45, 7) is 58.0. The van der Waals surface area contributed by atoms with E-state index in [-0.39, 0.29) is 11.7 Å². The first kappa shape index (κ1) is 102. The van der Waals surface area contributed by atoms with Crippen molar-refractivity contribution >= 4 is 22.7 Å². The highest BCUT2D eigenvalue weighted by Gasteiger charge is 2.30. The molecular weight excluding hydrogens is 1510 g/mol. The van der Waals surface area contributed by atoms with Gasteiger partial charge in [-0.05, 0) is 239 Å². The number of halogens is 5. The zero-order valence-electron chi connectivity index (χ0n) is 78.4. The van der Waals surface area contributed by atoms with Gasteiger partial charge in [0.2, 0.25) is 0 Å². The number of nitrogens with zero attached hydrogens (tertiary/aromatic N) is 5. The van der Waals surface area contributed by atoms with Gasteiger partial charge in [0.25, 0.3) is 0 Å². The number of rotatable bonds is 14. The van der Waals surface area contributed by atoms with Crippen LogP contribution in [0, 0.1) is 26.6 Å². The van der Waals surface area contributed by atoms with Crippen LogP contribution in [-0.4, -0.2) is 84.3 Å². The van der Waals surface area contributed by atoms with Crippen molar-refractivity contribution < 1.29 is 31.4 Å². The van der Waals surface area contributed by atoms with Crippen molar-refractivity contribution in [2.45, 2.75) is 256 Å². The number of ether oxygens (including phenoxy) is 2. The first-order valence-electron chi connectivity index (χ1n) is 44.6. The lowest BCUT2D eigenvalue weighted by atomic mass is 10.00. The molecule has 0 radical (unpaired) electrons. The Kier molecular flexibility index (Phi) is 44.7. The zero-order valence-corrected chi connectivity index (χ0v) is 78.4. The summed E-state index contributed by atoms with van der Waals surface area (Å²) >= 11 is 0. The topological polar surface area (TPSA) is 44.3 Å². The molecule has 1 aromatic heterocycles. The van der Waals surface area contributed by atoms with Crippen LogP contribution in [0.25, 0.3) is 0 Å².